The number of rotatable bonds is 7. The van der Waals surface area contributed by atoms with E-state index in [1.807, 2.05) is 111 Å². The van der Waals surface area contributed by atoms with Crippen molar-refractivity contribution in [2.75, 3.05) is 0 Å². The van der Waals surface area contributed by atoms with E-state index in [2.05, 4.69) is 46.7 Å². The zero-order valence-electron chi connectivity index (χ0n) is 25.6. The summed E-state index contributed by atoms with van der Waals surface area (Å²) in [7, 11) is 0. The van der Waals surface area contributed by atoms with E-state index in [9.17, 15) is 4.79 Å². The summed E-state index contributed by atoms with van der Waals surface area (Å²) in [6.45, 7) is 3.99. The van der Waals surface area contributed by atoms with Gasteiger partial charge in [-0.25, -0.2) is 9.98 Å². The highest BCUT2D eigenvalue weighted by Crippen LogP contribution is 2.36. The molecule has 2 N–H and O–H groups in total. The average Bonchev–Trinajstić information content (AvgIpc) is 3.90. The van der Waals surface area contributed by atoms with Gasteiger partial charge < -0.3 is 15.0 Å². The largest absolute Gasteiger partial charge is 0.475 e. The Bertz CT molecular complexity index is 2050. The van der Waals surface area contributed by atoms with E-state index >= 15 is 0 Å². The molecule has 224 valence electrons. The third kappa shape index (κ3) is 5.88. The minimum absolute atomic E-state index is 0.0315. The van der Waals surface area contributed by atoms with E-state index in [1.165, 1.54) is 0 Å². The Kier molecular flexibility index (Phi) is 7.84. The van der Waals surface area contributed by atoms with Gasteiger partial charge in [-0.05, 0) is 67.0 Å². The van der Waals surface area contributed by atoms with Crippen molar-refractivity contribution in [1.82, 2.24) is 10.3 Å². The second-order valence-corrected chi connectivity index (χ2v) is 11.3. The van der Waals surface area contributed by atoms with Crippen LogP contribution in [0.25, 0.3) is 16.7 Å². The Morgan fingerprint density at radius 1 is 0.587 bits per heavy atom. The lowest BCUT2D eigenvalue weighted by molar-refractivity contribution is -0.115. The van der Waals surface area contributed by atoms with Gasteiger partial charge in [0.05, 0.1) is 28.9 Å². The molecule has 0 bridgehead atoms. The van der Waals surface area contributed by atoms with Crippen molar-refractivity contribution in [3.8, 4) is 0 Å². The zero-order valence-corrected chi connectivity index (χ0v) is 25.6. The van der Waals surface area contributed by atoms with Crippen LogP contribution in [0.4, 0.5) is 0 Å². The monoisotopic (exact) mass is 600 g/mol. The number of aliphatic imine (C=N–C) groups is 2. The van der Waals surface area contributed by atoms with Crippen LogP contribution < -0.4 is 5.32 Å². The fourth-order valence-electron chi connectivity index (χ4n) is 5.78. The molecule has 0 atom stereocenters. The van der Waals surface area contributed by atoms with Crippen LogP contribution in [0.3, 0.4) is 0 Å². The highest BCUT2D eigenvalue weighted by molar-refractivity contribution is 6.32. The minimum atomic E-state index is -0.140. The van der Waals surface area contributed by atoms with E-state index < -0.39 is 0 Å². The van der Waals surface area contributed by atoms with Crippen LogP contribution in [0.5, 0.6) is 0 Å². The van der Waals surface area contributed by atoms with Crippen molar-refractivity contribution in [3.05, 3.63) is 185 Å². The van der Waals surface area contributed by atoms with E-state index in [-0.39, 0.29) is 12.0 Å². The molecular weight excluding hydrogens is 568 g/mol. The van der Waals surface area contributed by atoms with Crippen molar-refractivity contribution in [3.63, 3.8) is 0 Å². The fourth-order valence-corrected chi connectivity index (χ4v) is 5.78. The molecule has 0 unspecified atom stereocenters. The molecule has 0 spiro atoms. The summed E-state index contributed by atoms with van der Waals surface area (Å²) in [6.07, 6.45) is 11.4. The molecule has 46 heavy (non-hydrogen) atoms. The predicted octanol–water partition coefficient (Wildman–Crippen LogP) is 8.03. The highest BCUT2D eigenvalue weighted by Gasteiger charge is 2.23. The van der Waals surface area contributed by atoms with Gasteiger partial charge in [0, 0.05) is 40.3 Å². The van der Waals surface area contributed by atoms with E-state index in [0.717, 1.165) is 67.6 Å². The van der Waals surface area contributed by atoms with Gasteiger partial charge in [0.15, 0.2) is 0 Å². The van der Waals surface area contributed by atoms with Crippen molar-refractivity contribution >= 4 is 34.2 Å². The molecule has 0 radical (unpaired) electrons. The highest BCUT2D eigenvalue weighted by atomic mass is 16.5. The Balaban J connectivity index is 1.36. The fraction of sp³-hybridized carbons (Fsp3) is 0.0750. The SMILES string of the molecule is CC(C)OC1=N/C(=C(/c2ccccc2)c2ccc(/C(=C3/C=CC(C(=C4/C=CC(=O)N4)/c4ccccc4)=N3)c3ccccc3)[nH]2)C=C1. The van der Waals surface area contributed by atoms with Crippen molar-refractivity contribution in [2.45, 2.75) is 20.0 Å². The van der Waals surface area contributed by atoms with Crippen LogP contribution in [0, 0.1) is 0 Å². The lowest BCUT2D eigenvalue weighted by atomic mass is 9.99. The number of aromatic nitrogens is 1. The van der Waals surface area contributed by atoms with Crippen molar-refractivity contribution < 1.29 is 9.53 Å². The van der Waals surface area contributed by atoms with Crippen LogP contribution in [0.15, 0.2) is 167 Å². The van der Waals surface area contributed by atoms with E-state index in [0.29, 0.717) is 5.90 Å². The van der Waals surface area contributed by atoms with Gasteiger partial charge in [-0.3, -0.25) is 4.79 Å². The summed E-state index contributed by atoms with van der Waals surface area (Å²) in [6, 6.07) is 34.7. The molecule has 7 rings (SSSR count). The maximum Gasteiger partial charge on any atom is 0.248 e. The molecule has 4 aromatic rings. The molecule has 0 fully saturated rings. The Morgan fingerprint density at radius 3 is 1.63 bits per heavy atom. The number of hydrogen-bond acceptors (Lipinski definition) is 4. The number of carbonyl (C=O) groups is 1. The topological polar surface area (TPSA) is 78.8 Å². The number of nitrogens with zero attached hydrogens (tertiary/aromatic N) is 2. The number of nitrogens with one attached hydrogen (secondary N) is 2. The predicted molar refractivity (Wildman–Crippen MR) is 186 cm³/mol. The van der Waals surface area contributed by atoms with Gasteiger partial charge in [0.2, 0.25) is 11.8 Å². The smallest absolute Gasteiger partial charge is 0.248 e. The second kappa shape index (κ2) is 12.5. The van der Waals surface area contributed by atoms with Crippen LogP contribution in [0.2, 0.25) is 0 Å². The summed E-state index contributed by atoms with van der Waals surface area (Å²) in [5, 5.41) is 2.97. The summed E-state index contributed by atoms with van der Waals surface area (Å²) in [4.78, 5) is 25.9. The first-order chi connectivity index (χ1) is 22.5. The third-order valence-electron chi connectivity index (χ3n) is 7.72. The number of amides is 1. The molecule has 3 aromatic carbocycles. The van der Waals surface area contributed by atoms with Crippen LogP contribution in [-0.4, -0.2) is 28.6 Å². The number of hydrogen-bond donors (Lipinski definition) is 2. The van der Waals surface area contributed by atoms with Crippen LogP contribution in [0.1, 0.15) is 41.9 Å². The normalized spacial score (nSPS) is 18.5. The number of allylic oxidation sites excluding steroid dienone is 5. The Morgan fingerprint density at radius 2 is 1.11 bits per heavy atom. The molecule has 3 aliphatic rings. The number of aromatic amines is 1. The molecule has 0 aliphatic carbocycles. The zero-order chi connectivity index (χ0) is 31.5. The summed E-state index contributed by atoms with van der Waals surface area (Å²) in [5.41, 5.74) is 10.9. The summed E-state index contributed by atoms with van der Waals surface area (Å²) >= 11 is 0. The second-order valence-electron chi connectivity index (χ2n) is 11.3. The number of carbonyl (C=O) groups excluding carboxylic acids is 1. The van der Waals surface area contributed by atoms with Crippen molar-refractivity contribution in [2.24, 2.45) is 9.98 Å². The number of benzene rings is 3. The quantitative estimate of drug-likeness (QED) is 0.225. The molecular formula is C40H32N4O2. The molecule has 0 saturated heterocycles. The molecule has 3 aliphatic heterocycles. The molecule has 0 saturated carbocycles. The maximum atomic E-state index is 12.1. The Hall–Kier alpha value is -6.01. The first-order valence-corrected chi connectivity index (χ1v) is 15.3. The minimum Gasteiger partial charge on any atom is -0.475 e. The molecule has 6 nitrogen and oxygen atoms in total. The molecule has 6 heteroatoms. The van der Waals surface area contributed by atoms with Gasteiger partial charge in [-0.15, -0.1) is 0 Å². The lowest BCUT2D eigenvalue weighted by Gasteiger charge is -2.12. The molecule has 1 aromatic heterocycles. The van der Waals surface area contributed by atoms with Gasteiger partial charge in [-0.1, -0.05) is 91.0 Å². The van der Waals surface area contributed by atoms with Crippen LogP contribution in [-0.2, 0) is 9.53 Å². The standard InChI is InChI=1S/C40H32N4O2/c1-26(2)46-37-25-23-35(44-37)40(29-16-10-5-11-17-29)33-21-19-31(42-33)38(27-12-6-3-7-13-27)30-18-20-32(41-30)39(28-14-8-4-9-15-28)34-22-24-36(45)43-34/h3-26,42H,1-2H3,(H,43,45)/b38-30-,39-34-,40-35-. The van der Waals surface area contributed by atoms with Gasteiger partial charge in [-0.2, -0.15) is 0 Å². The van der Waals surface area contributed by atoms with Gasteiger partial charge in [0.1, 0.15) is 0 Å². The third-order valence-corrected chi connectivity index (χ3v) is 7.72. The van der Waals surface area contributed by atoms with Crippen LogP contribution >= 0.6 is 0 Å². The number of ether oxygens (including phenoxy) is 1. The summed E-state index contributed by atoms with van der Waals surface area (Å²) in [5.74, 6) is 0.463. The van der Waals surface area contributed by atoms with Crippen molar-refractivity contribution in [1.29, 1.82) is 0 Å². The van der Waals surface area contributed by atoms with Gasteiger partial charge >= 0.3 is 0 Å². The average molecular weight is 601 g/mol. The summed E-state index contributed by atoms with van der Waals surface area (Å²) < 4.78 is 5.89. The lowest BCUT2D eigenvalue weighted by Crippen LogP contribution is -2.16. The number of H-pyrrole nitrogens is 1. The maximum absolute atomic E-state index is 12.1. The first kappa shape index (κ1) is 28.7. The first-order valence-electron chi connectivity index (χ1n) is 15.3. The molecule has 1 amide bonds. The molecule has 4 heterocycles. The van der Waals surface area contributed by atoms with E-state index in [1.54, 1.807) is 6.08 Å². The van der Waals surface area contributed by atoms with Gasteiger partial charge in [0.25, 0.3) is 0 Å². The Labute approximate surface area is 268 Å². The van der Waals surface area contributed by atoms with E-state index in [4.69, 9.17) is 14.7 Å².